The molecule has 2 aliphatic carbocycles. The Hall–Kier alpha value is -0.740. The molecule has 0 aromatic heterocycles. The van der Waals surface area contributed by atoms with Gasteiger partial charge in [-0.2, -0.15) is 0 Å². The SMILES string of the molecule is CCCCCC(=O)C1C(C)CCC1CCOC.COCCC1CCC(C)C1C(=O)CC(C)C. The van der Waals surface area contributed by atoms with Gasteiger partial charge in [0.15, 0.2) is 0 Å². The lowest BCUT2D eigenvalue weighted by Gasteiger charge is -2.22. The second kappa shape index (κ2) is 16.8. The van der Waals surface area contributed by atoms with Gasteiger partial charge in [0.1, 0.15) is 11.6 Å². The van der Waals surface area contributed by atoms with Crippen LogP contribution in [0.15, 0.2) is 0 Å². The molecule has 33 heavy (non-hydrogen) atoms. The Balaban J connectivity index is 0.000000331. The van der Waals surface area contributed by atoms with Gasteiger partial charge in [-0.05, 0) is 74.5 Å². The third kappa shape index (κ3) is 10.6. The number of ether oxygens (including phenoxy) is 2. The Morgan fingerprint density at radius 3 is 1.70 bits per heavy atom. The average Bonchev–Trinajstić information content (AvgIpc) is 3.32. The van der Waals surface area contributed by atoms with Gasteiger partial charge in [0.05, 0.1) is 0 Å². The van der Waals surface area contributed by atoms with E-state index in [1.807, 2.05) is 0 Å². The van der Waals surface area contributed by atoms with Crippen molar-refractivity contribution in [3.8, 4) is 0 Å². The number of rotatable bonds is 14. The van der Waals surface area contributed by atoms with Gasteiger partial charge < -0.3 is 9.47 Å². The van der Waals surface area contributed by atoms with Crippen LogP contribution in [0, 0.1) is 41.4 Å². The highest BCUT2D eigenvalue weighted by Crippen LogP contribution is 2.41. The van der Waals surface area contributed by atoms with E-state index in [4.69, 9.17) is 9.47 Å². The van der Waals surface area contributed by atoms with Crippen molar-refractivity contribution < 1.29 is 19.1 Å². The zero-order valence-corrected chi connectivity index (χ0v) is 22.9. The molecule has 0 heterocycles. The van der Waals surface area contributed by atoms with E-state index in [0.717, 1.165) is 45.3 Å². The summed E-state index contributed by atoms with van der Waals surface area (Å²) in [6.45, 7) is 12.5. The Bertz CT molecular complexity index is 544. The van der Waals surface area contributed by atoms with Gasteiger partial charge in [-0.25, -0.2) is 0 Å². The molecule has 2 saturated carbocycles. The molecule has 4 nitrogen and oxygen atoms in total. The molecule has 0 aromatic carbocycles. The summed E-state index contributed by atoms with van der Waals surface area (Å²) in [6, 6.07) is 0. The molecule has 0 aliphatic heterocycles. The molecule has 4 heteroatoms. The molecule has 2 rings (SSSR count). The van der Waals surface area contributed by atoms with Crippen LogP contribution in [0.3, 0.4) is 0 Å². The Kier molecular flexibility index (Phi) is 15.4. The normalized spacial score (nSPS) is 29.2. The summed E-state index contributed by atoms with van der Waals surface area (Å²) >= 11 is 0. The molecule has 0 N–H and O–H groups in total. The summed E-state index contributed by atoms with van der Waals surface area (Å²) in [5.41, 5.74) is 0. The molecular weight excluding hydrogens is 412 g/mol. The summed E-state index contributed by atoms with van der Waals surface area (Å²) in [4.78, 5) is 24.5. The molecule has 0 aromatic rings. The molecule has 6 unspecified atom stereocenters. The van der Waals surface area contributed by atoms with E-state index in [9.17, 15) is 9.59 Å². The lowest BCUT2D eigenvalue weighted by atomic mass is 9.82. The first-order valence-electron chi connectivity index (χ1n) is 13.8. The fraction of sp³-hybridized carbons (Fsp3) is 0.931. The van der Waals surface area contributed by atoms with Gasteiger partial charge in [0.2, 0.25) is 0 Å². The number of unbranched alkanes of at least 4 members (excludes halogenated alkanes) is 2. The first kappa shape index (κ1) is 30.3. The van der Waals surface area contributed by atoms with Crippen LogP contribution in [0.4, 0.5) is 0 Å². The van der Waals surface area contributed by atoms with Crippen LogP contribution in [0.1, 0.15) is 105 Å². The quantitative estimate of drug-likeness (QED) is 0.255. The van der Waals surface area contributed by atoms with Crippen molar-refractivity contribution >= 4 is 11.6 Å². The maximum absolute atomic E-state index is 12.3. The standard InChI is InChI=1S/C15H28O2.C14H26O2/c1-4-5-6-7-14(16)15-12(2)8-9-13(15)10-11-17-3;1-10(2)9-13(15)14-11(3)5-6-12(14)7-8-16-4/h12-13,15H,4-11H2,1-3H3;10-12,14H,5-9H2,1-4H3. The Morgan fingerprint density at radius 2 is 1.27 bits per heavy atom. The molecular formula is C29H54O4. The molecule has 0 saturated heterocycles. The topological polar surface area (TPSA) is 52.6 Å². The van der Waals surface area contributed by atoms with Crippen molar-refractivity contribution in [1.29, 1.82) is 0 Å². The minimum absolute atomic E-state index is 0.303. The summed E-state index contributed by atoms with van der Waals surface area (Å²) in [6.07, 6.45) is 12.0. The van der Waals surface area contributed by atoms with Crippen molar-refractivity contribution in [1.82, 2.24) is 0 Å². The van der Waals surface area contributed by atoms with Crippen LogP contribution in [0.5, 0.6) is 0 Å². The second-order valence-electron chi connectivity index (χ2n) is 11.2. The number of Topliss-reactive ketones (excluding diaryl/α,β-unsaturated/α-hetero) is 2. The van der Waals surface area contributed by atoms with Gasteiger partial charge in [0, 0.05) is 52.1 Å². The van der Waals surface area contributed by atoms with E-state index >= 15 is 0 Å². The molecule has 0 radical (unpaired) electrons. The van der Waals surface area contributed by atoms with E-state index in [2.05, 4.69) is 34.6 Å². The number of carbonyl (C=O) groups is 2. The van der Waals surface area contributed by atoms with Crippen LogP contribution in [0.2, 0.25) is 0 Å². The third-order valence-corrected chi connectivity index (χ3v) is 7.99. The fourth-order valence-corrected chi connectivity index (χ4v) is 6.20. The summed E-state index contributed by atoms with van der Waals surface area (Å²) < 4.78 is 10.3. The maximum Gasteiger partial charge on any atom is 0.136 e. The number of hydrogen-bond acceptors (Lipinski definition) is 4. The smallest absolute Gasteiger partial charge is 0.136 e. The van der Waals surface area contributed by atoms with Crippen LogP contribution in [-0.2, 0) is 19.1 Å². The summed E-state index contributed by atoms with van der Waals surface area (Å²) in [5.74, 6) is 4.44. The predicted octanol–water partition coefficient (Wildman–Crippen LogP) is 7.14. The van der Waals surface area contributed by atoms with Gasteiger partial charge >= 0.3 is 0 Å². The van der Waals surface area contributed by atoms with Gasteiger partial charge in [-0.1, -0.05) is 47.5 Å². The van der Waals surface area contributed by atoms with Crippen molar-refractivity contribution in [2.45, 2.75) is 105 Å². The highest BCUT2D eigenvalue weighted by atomic mass is 16.5. The van der Waals surface area contributed by atoms with Crippen LogP contribution in [0.25, 0.3) is 0 Å². The highest BCUT2D eigenvalue weighted by molar-refractivity contribution is 5.82. The summed E-state index contributed by atoms with van der Waals surface area (Å²) in [7, 11) is 3.49. The van der Waals surface area contributed by atoms with Crippen LogP contribution in [-0.4, -0.2) is 39.0 Å². The van der Waals surface area contributed by atoms with Crippen LogP contribution >= 0.6 is 0 Å². The third-order valence-electron chi connectivity index (χ3n) is 7.99. The van der Waals surface area contributed by atoms with Gasteiger partial charge in [-0.15, -0.1) is 0 Å². The number of methoxy groups -OCH3 is 2. The number of ketones is 2. The zero-order valence-electron chi connectivity index (χ0n) is 22.9. The van der Waals surface area contributed by atoms with Crippen LogP contribution < -0.4 is 0 Å². The van der Waals surface area contributed by atoms with E-state index < -0.39 is 0 Å². The van der Waals surface area contributed by atoms with E-state index in [1.54, 1.807) is 14.2 Å². The van der Waals surface area contributed by atoms with E-state index in [1.165, 1.54) is 38.5 Å². The van der Waals surface area contributed by atoms with Crippen molar-refractivity contribution in [2.24, 2.45) is 41.4 Å². The van der Waals surface area contributed by atoms with E-state index in [0.29, 0.717) is 53.0 Å². The minimum Gasteiger partial charge on any atom is -0.385 e. The Morgan fingerprint density at radius 1 is 0.788 bits per heavy atom. The highest BCUT2D eigenvalue weighted by Gasteiger charge is 2.38. The predicted molar refractivity (Wildman–Crippen MR) is 137 cm³/mol. The number of hydrogen-bond donors (Lipinski definition) is 0. The average molecular weight is 467 g/mol. The Labute approximate surface area is 205 Å². The lowest BCUT2D eigenvalue weighted by molar-refractivity contribution is -0.126. The first-order valence-corrected chi connectivity index (χ1v) is 13.8. The maximum atomic E-state index is 12.3. The van der Waals surface area contributed by atoms with E-state index in [-0.39, 0.29) is 0 Å². The lowest BCUT2D eigenvalue weighted by Crippen LogP contribution is -2.25. The van der Waals surface area contributed by atoms with Gasteiger partial charge in [0.25, 0.3) is 0 Å². The molecule has 0 bridgehead atoms. The fourth-order valence-electron chi connectivity index (χ4n) is 6.20. The molecule has 0 amide bonds. The molecule has 2 fully saturated rings. The van der Waals surface area contributed by atoms with Crippen molar-refractivity contribution in [2.75, 3.05) is 27.4 Å². The van der Waals surface area contributed by atoms with Crippen molar-refractivity contribution in [3.05, 3.63) is 0 Å². The summed E-state index contributed by atoms with van der Waals surface area (Å²) in [5, 5.41) is 0. The molecule has 2 aliphatic rings. The monoisotopic (exact) mass is 466 g/mol. The number of carbonyl (C=O) groups excluding carboxylic acids is 2. The largest absolute Gasteiger partial charge is 0.385 e. The second-order valence-corrected chi connectivity index (χ2v) is 11.2. The zero-order chi connectivity index (χ0) is 24.8. The minimum atomic E-state index is 0.303. The van der Waals surface area contributed by atoms with Crippen molar-refractivity contribution in [3.63, 3.8) is 0 Å². The van der Waals surface area contributed by atoms with Gasteiger partial charge in [-0.3, -0.25) is 9.59 Å². The first-order chi connectivity index (χ1) is 15.8. The molecule has 0 spiro atoms. The molecule has 6 atom stereocenters. The molecule has 194 valence electrons.